The van der Waals surface area contributed by atoms with E-state index in [1.165, 1.54) is 0 Å². The molecule has 0 saturated carbocycles. The van der Waals surface area contributed by atoms with E-state index in [-0.39, 0.29) is 0 Å². The highest BCUT2D eigenvalue weighted by atomic mass is 16.5. The lowest BCUT2D eigenvalue weighted by Gasteiger charge is -2.03. The lowest BCUT2D eigenvalue weighted by molar-refractivity contribution is 0.447. The van der Waals surface area contributed by atoms with Crippen LogP contribution in [0.1, 0.15) is 12.6 Å². The zero-order valence-electron chi connectivity index (χ0n) is 11.4. The molecule has 0 amide bonds. The summed E-state index contributed by atoms with van der Waals surface area (Å²) < 4.78 is 5.29. The van der Waals surface area contributed by atoms with Crippen LogP contribution >= 0.6 is 0 Å². The number of benzene rings is 1. The largest absolute Gasteiger partial charge is 0.356 e. The zero-order chi connectivity index (χ0) is 14.2. The molecule has 104 valence electrons. The predicted molar refractivity (Wildman–Crippen MR) is 80.6 cm³/mol. The molecular weight excluding hydrogens is 266 g/mol. The van der Waals surface area contributed by atoms with Crippen LogP contribution in [0.2, 0.25) is 0 Å². The molecule has 0 unspecified atom stereocenters. The third kappa shape index (κ3) is 1.92. The number of anilines is 2. The highest BCUT2D eigenvalue weighted by molar-refractivity contribution is 5.89. The van der Waals surface area contributed by atoms with Gasteiger partial charge in [0.25, 0.3) is 0 Å². The smallest absolute Gasteiger partial charge is 0.178 e. The van der Waals surface area contributed by atoms with Gasteiger partial charge < -0.3 is 9.84 Å². The molecule has 3 aromatic heterocycles. The average molecular weight is 279 g/mol. The molecule has 21 heavy (non-hydrogen) atoms. The number of hydrogen-bond acceptors (Lipinski definition) is 5. The summed E-state index contributed by atoms with van der Waals surface area (Å²) in [5.41, 5.74) is 4.40. The van der Waals surface area contributed by atoms with E-state index in [1.807, 2.05) is 30.3 Å². The second kappa shape index (κ2) is 4.59. The van der Waals surface area contributed by atoms with E-state index in [0.717, 1.165) is 39.8 Å². The minimum absolute atomic E-state index is 0.708. The molecular formula is C15H13N5O. The average Bonchev–Trinajstić information content (AvgIpc) is 3.11. The van der Waals surface area contributed by atoms with Crippen molar-refractivity contribution in [1.82, 2.24) is 20.3 Å². The summed E-state index contributed by atoms with van der Waals surface area (Å²) >= 11 is 0. The molecule has 0 saturated heterocycles. The van der Waals surface area contributed by atoms with E-state index in [2.05, 4.69) is 32.6 Å². The number of nitrogens with one attached hydrogen (secondary N) is 2. The Morgan fingerprint density at radius 1 is 1.29 bits per heavy atom. The third-order valence-corrected chi connectivity index (χ3v) is 3.46. The number of aromatic amines is 1. The van der Waals surface area contributed by atoms with E-state index in [1.54, 1.807) is 6.20 Å². The maximum absolute atomic E-state index is 5.29. The van der Waals surface area contributed by atoms with Gasteiger partial charge in [0.05, 0.1) is 11.2 Å². The van der Waals surface area contributed by atoms with Crippen LogP contribution in [-0.4, -0.2) is 20.3 Å². The molecule has 0 aliphatic rings. The summed E-state index contributed by atoms with van der Waals surface area (Å²) in [5.74, 6) is 0.708. The fraction of sp³-hybridized carbons (Fsp3) is 0.133. The molecule has 0 bridgehead atoms. The molecule has 4 rings (SSSR count). The molecule has 1 aromatic carbocycles. The minimum Gasteiger partial charge on any atom is -0.356 e. The van der Waals surface area contributed by atoms with Gasteiger partial charge in [-0.3, -0.25) is 10.1 Å². The maximum Gasteiger partial charge on any atom is 0.178 e. The van der Waals surface area contributed by atoms with E-state index in [9.17, 15) is 0 Å². The van der Waals surface area contributed by atoms with Crippen molar-refractivity contribution < 1.29 is 4.52 Å². The Bertz CT molecular complexity index is 924. The van der Waals surface area contributed by atoms with Gasteiger partial charge in [0.2, 0.25) is 0 Å². The van der Waals surface area contributed by atoms with Gasteiger partial charge in [-0.05, 0) is 36.8 Å². The van der Waals surface area contributed by atoms with Crippen LogP contribution in [0.3, 0.4) is 0 Å². The SMILES string of the molecule is CCc1noc2ccc(Nc3n[nH]c4cccnc34)cc12. The molecule has 0 radical (unpaired) electrons. The number of aryl methyl sites for hydroxylation is 1. The molecule has 2 N–H and O–H groups in total. The van der Waals surface area contributed by atoms with Crippen LogP contribution in [0.4, 0.5) is 11.5 Å². The first-order chi connectivity index (χ1) is 10.3. The van der Waals surface area contributed by atoms with Crippen LogP contribution in [0.15, 0.2) is 41.1 Å². The van der Waals surface area contributed by atoms with Crippen LogP contribution in [0.5, 0.6) is 0 Å². The molecule has 0 spiro atoms. The zero-order valence-corrected chi connectivity index (χ0v) is 11.4. The van der Waals surface area contributed by atoms with Crippen molar-refractivity contribution >= 4 is 33.5 Å². The quantitative estimate of drug-likeness (QED) is 0.600. The number of nitrogens with zero attached hydrogens (tertiary/aromatic N) is 3. The molecule has 3 heterocycles. The fourth-order valence-corrected chi connectivity index (χ4v) is 2.40. The van der Waals surface area contributed by atoms with Crippen molar-refractivity contribution in [2.24, 2.45) is 0 Å². The molecule has 0 aliphatic heterocycles. The Kier molecular flexibility index (Phi) is 2.60. The van der Waals surface area contributed by atoms with Gasteiger partial charge in [-0.2, -0.15) is 5.10 Å². The summed E-state index contributed by atoms with van der Waals surface area (Å²) in [4.78, 5) is 4.34. The van der Waals surface area contributed by atoms with Crippen molar-refractivity contribution in [3.63, 3.8) is 0 Å². The maximum atomic E-state index is 5.29. The Morgan fingerprint density at radius 3 is 3.14 bits per heavy atom. The molecule has 0 atom stereocenters. The van der Waals surface area contributed by atoms with Gasteiger partial charge in [0.1, 0.15) is 5.52 Å². The normalized spacial score (nSPS) is 11.3. The second-order valence-electron chi connectivity index (χ2n) is 4.79. The Hall–Kier alpha value is -2.89. The lowest BCUT2D eigenvalue weighted by atomic mass is 10.1. The van der Waals surface area contributed by atoms with E-state index in [4.69, 9.17) is 4.52 Å². The monoisotopic (exact) mass is 279 g/mol. The minimum atomic E-state index is 0.708. The lowest BCUT2D eigenvalue weighted by Crippen LogP contribution is -1.92. The molecule has 6 heteroatoms. The van der Waals surface area contributed by atoms with Gasteiger partial charge in [-0.25, -0.2) is 0 Å². The fourth-order valence-electron chi connectivity index (χ4n) is 2.40. The van der Waals surface area contributed by atoms with Crippen molar-refractivity contribution in [1.29, 1.82) is 0 Å². The Labute approximate surface area is 120 Å². The van der Waals surface area contributed by atoms with E-state index >= 15 is 0 Å². The van der Waals surface area contributed by atoms with Crippen LogP contribution in [0.25, 0.3) is 22.0 Å². The summed E-state index contributed by atoms with van der Waals surface area (Å²) in [6.45, 7) is 2.06. The molecule has 6 nitrogen and oxygen atoms in total. The second-order valence-corrected chi connectivity index (χ2v) is 4.79. The summed E-state index contributed by atoms with van der Waals surface area (Å²) in [5, 5.41) is 15.6. The molecule has 4 aromatic rings. The first kappa shape index (κ1) is 11.9. The van der Waals surface area contributed by atoms with Gasteiger partial charge in [0.15, 0.2) is 11.4 Å². The number of H-pyrrole nitrogens is 1. The predicted octanol–water partition coefficient (Wildman–Crippen LogP) is 3.41. The van der Waals surface area contributed by atoms with Crippen LogP contribution < -0.4 is 5.32 Å². The number of rotatable bonds is 3. The number of aromatic nitrogens is 4. The van der Waals surface area contributed by atoms with E-state index < -0.39 is 0 Å². The first-order valence-corrected chi connectivity index (χ1v) is 6.79. The van der Waals surface area contributed by atoms with Crippen LogP contribution in [-0.2, 0) is 6.42 Å². The van der Waals surface area contributed by atoms with Gasteiger partial charge in [-0.15, -0.1) is 0 Å². The summed E-state index contributed by atoms with van der Waals surface area (Å²) in [7, 11) is 0. The third-order valence-electron chi connectivity index (χ3n) is 3.46. The highest BCUT2D eigenvalue weighted by Crippen LogP contribution is 2.26. The Balaban J connectivity index is 1.76. The van der Waals surface area contributed by atoms with Crippen molar-refractivity contribution in [2.45, 2.75) is 13.3 Å². The number of pyridine rings is 1. The highest BCUT2D eigenvalue weighted by Gasteiger charge is 2.10. The van der Waals surface area contributed by atoms with Gasteiger partial charge >= 0.3 is 0 Å². The molecule has 0 fully saturated rings. The standard InChI is InChI=1S/C15H13N5O/c1-2-11-10-8-9(5-6-13(10)21-20-11)17-15-14-12(18-19-15)4-3-7-16-14/h3-8H,2H2,1H3,(H2,17,18,19). The topological polar surface area (TPSA) is 79.6 Å². The summed E-state index contributed by atoms with van der Waals surface area (Å²) in [6, 6.07) is 9.69. The van der Waals surface area contributed by atoms with Crippen molar-refractivity contribution in [3.8, 4) is 0 Å². The Morgan fingerprint density at radius 2 is 2.24 bits per heavy atom. The van der Waals surface area contributed by atoms with Crippen molar-refractivity contribution in [2.75, 3.05) is 5.32 Å². The van der Waals surface area contributed by atoms with Gasteiger partial charge in [0, 0.05) is 17.3 Å². The van der Waals surface area contributed by atoms with Crippen molar-refractivity contribution in [3.05, 3.63) is 42.2 Å². The number of fused-ring (bicyclic) bond motifs is 2. The van der Waals surface area contributed by atoms with Crippen LogP contribution in [0, 0.1) is 0 Å². The number of hydrogen-bond donors (Lipinski definition) is 2. The summed E-state index contributed by atoms with van der Waals surface area (Å²) in [6.07, 6.45) is 2.59. The first-order valence-electron chi connectivity index (χ1n) is 6.79. The van der Waals surface area contributed by atoms with Gasteiger partial charge in [-0.1, -0.05) is 12.1 Å². The van der Waals surface area contributed by atoms with E-state index in [0.29, 0.717) is 5.82 Å². The molecule has 0 aliphatic carbocycles.